The maximum atomic E-state index is 12.6. The number of fused-ring (bicyclic) bond motifs is 1. The maximum Gasteiger partial charge on any atom is 0.306 e. The van der Waals surface area contributed by atoms with E-state index in [0.717, 1.165) is 38.5 Å². The van der Waals surface area contributed by atoms with Gasteiger partial charge in [0.1, 0.15) is 6.10 Å². The highest BCUT2D eigenvalue weighted by atomic mass is 28.4. The molecule has 0 aromatic carbocycles. The molecular weight excluding hydrogens is 505 g/mol. The van der Waals surface area contributed by atoms with Crippen molar-refractivity contribution in [1.29, 1.82) is 0 Å². The van der Waals surface area contributed by atoms with Gasteiger partial charge in [0.25, 0.3) is 0 Å². The predicted molar refractivity (Wildman–Crippen MR) is 166 cm³/mol. The van der Waals surface area contributed by atoms with Crippen LogP contribution in [0.1, 0.15) is 106 Å². The molecule has 1 heterocycles. The Bertz CT molecular complexity index is 803. The van der Waals surface area contributed by atoms with Gasteiger partial charge >= 0.3 is 5.97 Å². The first-order valence-corrected chi connectivity index (χ1v) is 21.3. The summed E-state index contributed by atoms with van der Waals surface area (Å²) in [4.78, 5) is 23.7. The Morgan fingerprint density at radius 1 is 1.13 bits per heavy atom. The smallest absolute Gasteiger partial charge is 0.306 e. The van der Waals surface area contributed by atoms with E-state index in [1.165, 1.54) is 19.3 Å². The standard InChI is InChI=1S/C32H60O4Si2/c1-11-12-15-18-25(24-32(5,6)37(7,8)34)21-22-27-26-19-16-13-14-17-20-30(33)35-28(26)23-29(27)36-38(9,10)31(2,3)4/h13,16,21-22,25-29,34H,11-12,14-15,17-20,23-24H2,1-10H3/b16-13-,22-21+/t25-,26+,27+,28-,29+/m0/s1. The van der Waals surface area contributed by atoms with E-state index in [1.54, 1.807) is 0 Å². The first-order valence-electron chi connectivity index (χ1n) is 15.4. The third kappa shape index (κ3) is 9.45. The van der Waals surface area contributed by atoms with Crippen molar-refractivity contribution in [1.82, 2.24) is 0 Å². The summed E-state index contributed by atoms with van der Waals surface area (Å²) in [6, 6.07) is 0. The highest BCUT2D eigenvalue weighted by Gasteiger charge is 2.48. The summed E-state index contributed by atoms with van der Waals surface area (Å²) in [7, 11) is -4.30. The Morgan fingerprint density at radius 2 is 1.82 bits per heavy atom. The number of hydrogen-bond acceptors (Lipinski definition) is 4. The van der Waals surface area contributed by atoms with Crippen LogP contribution < -0.4 is 0 Å². The number of ether oxygens (including phenoxy) is 1. The predicted octanol–water partition coefficient (Wildman–Crippen LogP) is 9.18. The number of hydrogen-bond donors (Lipinski definition) is 1. The quantitative estimate of drug-likeness (QED) is 0.118. The van der Waals surface area contributed by atoms with Crippen LogP contribution in [0.4, 0.5) is 0 Å². The molecule has 2 rings (SSSR count). The van der Waals surface area contributed by atoms with E-state index in [-0.39, 0.29) is 40.1 Å². The van der Waals surface area contributed by atoms with E-state index in [9.17, 15) is 9.59 Å². The molecule has 38 heavy (non-hydrogen) atoms. The van der Waals surface area contributed by atoms with E-state index in [4.69, 9.17) is 9.16 Å². The van der Waals surface area contributed by atoms with Crippen LogP contribution in [-0.4, -0.2) is 39.6 Å². The molecule has 4 nitrogen and oxygen atoms in total. The summed E-state index contributed by atoms with van der Waals surface area (Å²) in [6.45, 7) is 22.5. The SMILES string of the molecule is CCCCC[C@@H](/C=C/[C@@H]1[C@H]2C/C=C\CCCC(=O)O[C@H]2C[C@H]1O[Si](C)(C)C(C)(C)C)CC(C)(C)[Si](C)(C)O. The van der Waals surface area contributed by atoms with Crippen molar-refractivity contribution in [3.8, 4) is 0 Å². The van der Waals surface area contributed by atoms with Crippen LogP contribution in [0.15, 0.2) is 24.3 Å². The minimum Gasteiger partial charge on any atom is -0.462 e. The molecule has 1 fully saturated rings. The number of carbonyl (C=O) groups is 1. The van der Waals surface area contributed by atoms with Crippen molar-refractivity contribution < 1.29 is 18.8 Å². The molecule has 0 spiro atoms. The molecule has 0 amide bonds. The van der Waals surface area contributed by atoms with Crippen molar-refractivity contribution in [2.45, 2.75) is 154 Å². The van der Waals surface area contributed by atoms with Crippen molar-refractivity contribution in [3.05, 3.63) is 24.3 Å². The highest BCUT2D eigenvalue weighted by molar-refractivity contribution is 6.74. The number of allylic oxidation sites excluding steroid dienone is 3. The second-order valence-electron chi connectivity index (χ2n) is 14.8. The van der Waals surface area contributed by atoms with Gasteiger partial charge in [0.15, 0.2) is 16.6 Å². The van der Waals surface area contributed by atoms with Crippen LogP contribution in [0, 0.1) is 17.8 Å². The highest BCUT2D eigenvalue weighted by Crippen LogP contribution is 2.47. The number of esters is 1. The summed E-state index contributed by atoms with van der Waals surface area (Å²) >= 11 is 0. The fourth-order valence-electron chi connectivity index (χ4n) is 5.55. The average molecular weight is 565 g/mol. The third-order valence-electron chi connectivity index (χ3n) is 9.94. The van der Waals surface area contributed by atoms with Gasteiger partial charge in [-0.2, -0.15) is 0 Å². The first-order chi connectivity index (χ1) is 17.5. The van der Waals surface area contributed by atoms with E-state index in [1.807, 2.05) is 0 Å². The van der Waals surface area contributed by atoms with Crippen molar-refractivity contribution in [2.75, 3.05) is 0 Å². The third-order valence-corrected chi connectivity index (χ3v) is 18.0. The van der Waals surface area contributed by atoms with Crippen LogP contribution in [0.25, 0.3) is 0 Å². The van der Waals surface area contributed by atoms with E-state index in [2.05, 4.69) is 92.0 Å². The van der Waals surface area contributed by atoms with Crippen LogP contribution in [0.3, 0.4) is 0 Å². The van der Waals surface area contributed by atoms with Crippen LogP contribution in [-0.2, 0) is 14.0 Å². The average Bonchev–Trinajstić information content (AvgIpc) is 3.07. The Kier molecular flexibility index (Phi) is 12.2. The lowest BCUT2D eigenvalue weighted by Crippen LogP contribution is -2.45. The van der Waals surface area contributed by atoms with Crippen molar-refractivity contribution in [2.24, 2.45) is 17.8 Å². The fraction of sp³-hybridized carbons (Fsp3) is 0.844. The molecule has 1 saturated carbocycles. The zero-order chi connectivity index (χ0) is 28.8. The van der Waals surface area contributed by atoms with Crippen LogP contribution in [0.5, 0.6) is 0 Å². The number of unbranched alkanes of at least 4 members (excludes halogenated alkanes) is 2. The summed E-state index contributed by atoms with van der Waals surface area (Å²) in [5.41, 5.74) is 0. The molecular formula is C32H60O4Si2. The zero-order valence-corrected chi connectivity index (χ0v) is 28.4. The van der Waals surface area contributed by atoms with E-state index < -0.39 is 16.6 Å². The summed E-state index contributed by atoms with van der Waals surface area (Å²) in [6.07, 6.45) is 19.3. The van der Waals surface area contributed by atoms with Gasteiger partial charge < -0.3 is 14.0 Å². The van der Waals surface area contributed by atoms with Crippen LogP contribution >= 0.6 is 0 Å². The van der Waals surface area contributed by atoms with Crippen molar-refractivity contribution in [3.63, 3.8) is 0 Å². The lowest BCUT2D eigenvalue weighted by molar-refractivity contribution is -0.151. The van der Waals surface area contributed by atoms with Gasteiger partial charge in [-0.3, -0.25) is 4.79 Å². The van der Waals surface area contributed by atoms with Gasteiger partial charge in [0, 0.05) is 24.7 Å². The Labute approximate surface area is 237 Å². The minimum atomic E-state index is -2.30. The molecule has 0 saturated heterocycles. The minimum absolute atomic E-state index is 0.0552. The molecule has 5 atom stereocenters. The first kappa shape index (κ1) is 33.5. The van der Waals surface area contributed by atoms with Gasteiger partial charge in [-0.1, -0.05) is 85.1 Å². The lowest BCUT2D eigenvalue weighted by atomic mass is 9.86. The Balaban J connectivity index is 2.41. The summed E-state index contributed by atoms with van der Waals surface area (Å²) in [5.74, 6) is 0.843. The Morgan fingerprint density at radius 3 is 2.42 bits per heavy atom. The fourth-order valence-corrected chi connectivity index (χ4v) is 7.68. The van der Waals surface area contributed by atoms with Gasteiger partial charge in [-0.05, 0) is 74.3 Å². The molecule has 1 N–H and O–H groups in total. The normalized spacial score (nSPS) is 27.7. The van der Waals surface area contributed by atoms with Gasteiger partial charge in [-0.25, -0.2) is 0 Å². The molecule has 0 unspecified atom stereocenters. The molecule has 0 aromatic rings. The largest absolute Gasteiger partial charge is 0.462 e. The monoisotopic (exact) mass is 564 g/mol. The lowest BCUT2D eigenvalue weighted by Gasteiger charge is -2.40. The zero-order valence-electron chi connectivity index (χ0n) is 26.4. The maximum absolute atomic E-state index is 12.6. The van der Waals surface area contributed by atoms with Gasteiger partial charge in [0.2, 0.25) is 0 Å². The topological polar surface area (TPSA) is 55.8 Å². The molecule has 2 aliphatic rings. The second kappa shape index (κ2) is 13.8. The van der Waals surface area contributed by atoms with Gasteiger partial charge in [0.05, 0.1) is 6.10 Å². The van der Waals surface area contributed by atoms with Crippen LogP contribution in [0.2, 0.25) is 36.3 Å². The molecule has 220 valence electrons. The number of rotatable bonds is 11. The van der Waals surface area contributed by atoms with E-state index in [0.29, 0.717) is 12.3 Å². The molecule has 1 aliphatic heterocycles. The number of carbonyl (C=O) groups excluding carboxylic acids is 1. The van der Waals surface area contributed by atoms with Crippen molar-refractivity contribution >= 4 is 22.6 Å². The molecule has 0 bridgehead atoms. The molecule has 6 heteroatoms. The summed E-state index contributed by atoms with van der Waals surface area (Å²) < 4.78 is 13.2. The molecule has 0 aromatic heterocycles. The Hall–Kier alpha value is -0.696. The molecule has 0 radical (unpaired) electrons. The van der Waals surface area contributed by atoms with E-state index >= 15 is 0 Å². The summed E-state index contributed by atoms with van der Waals surface area (Å²) in [5, 5.41) is 0.0660. The van der Waals surface area contributed by atoms with Gasteiger partial charge in [-0.15, -0.1) is 0 Å². The molecule has 1 aliphatic carbocycles. The second-order valence-corrected chi connectivity index (χ2v) is 24.0.